The van der Waals surface area contributed by atoms with Gasteiger partial charge in [-0.15, -0.1) is 0 Å². The molecule has 0 N–H and O–H groups in total. The van der Waals surface area contributed by atoms with Crippen molar-refractivity contribution in [2.75, 3.05) is 7.11 Å². The quantitative estimate of drug-likeness (QED) is 0.605. The second kappa shape index (κ2) is 5.90. The molecular formula is C17H23NO2. The fourth-order valence-electron chi connectivity index (χ4n) is 3.05. The zero-order valence-electron chi connectivity index (χ0n) is 12.6. The van der Waals surface area contributed by atoms with Gasteiger partial charge in [0.25, 0.3) is 0 Å². The minimum Gasteiger partial charge on any atom is -0.378 e. The first-order valence-corrected chi connectivity index (χ1v) is 7.25. The summed E-state index contributed by atoms with van der Waals surface area (Å²) in [5.41, 5.74) is 1.84. The fourth-order valence-corrected chi connectivity index (χ4v) is 3.05. The minimum absolute atomic E-state index is 0.185. The average molecular weight is 273 g/mol. The van der Waals surface area contributed by atoms with E-state index >= 15 is 0 Å². The van der Waals surface area contributed by atoms with E-state index in [1.165, 1.54) is 5.56 Å². The molecule has 0 aliphatic heterocycles. The van der Waals surface area contributed by atoms with Crippen LogP contribution >= 0.6 is 0 Å². The Morgan fingerprint density at radius 3 is 2.65 bits per heavy atom. The zero-order chi connectivity index (χ0) is 14.6. The molecule has 1 fully saturated rings. The van der Waals surface area contributed by atoms with Crippen molar-refractivity contribution in [1.29, 1.82) is 0 Å². The van der Waals surface area contributed by atoms with Crippen molar-refractivity contribution in [2.24, 2.45) is 4.99 Å². The highest BCUT2D eigenvalue weighted by Gasteiger charge is 2.35. The number of hydrogen-bond acceptors (Lipinski definition) is 3. The van der Waals surface area contributed by atoms with Crippen LogP contribution < -0.4 is 0 Å². The van der Waals surface area contributed by atoms with Gasteiger partial charge in [0.2, 0.25) is 6.08 Å². The summed E-state index contributed by atoms with van der Waals surface area (Å²) in [6.45, 7) is 4.16. The van der Waals surface area contributed by atoms with Crippen LogP contribution in [0.2, 0.25) is 0 Å². The van der Waals surface area contributed by atoms with E-state index in [1.54, 1.807) is 13.2 Å². The van der Waals surface area contributed by atoms with E-state index in [9.17, 15) is 4.79 Å². The zero-order valence-corrected chi connectivity index (χ0v) is 12.6. The number of nitrogens with zero attached hydrogens (tertiary/aromatic N) is 1. The second-order valence-corrected chi connectivity index (χ2v) is 6.28. The van der Waals surface area contributed by atoms with Gasteiger partial charge >= 0.3 is 0 Å². The molecule has 0 atom stereocenters. The van der Waals surface area contributed by atoms with Crippen molar-refractivity contribution in [2.45, 2.75) is 57.1 Å². The lowest BCUT2D eigenvalue weighted by Crippen LogP contribution is -2.26. The van der Waals surface area contributed by atoms with Gasteiger partial charge in [-0.05, 0) is 37.8 Å². The molecule has 20 heavy (non-hydrogen) atoms. The maximum Gasteiger partial charge on any atom is 0.235 e. The summed E-state index contributed by atoms with van der Waals surface area (Å²) in [6.07, 6.45) is 6.76. The SMILES string of the molecule is COC(C)(C)Cc1cccc(C2(N=C=O)CCCC2)c1. The largest absolute Gasteiger partial charge is 0.378 e. The lowest BCUT2D eigenvalue weighted by atomic mass is 9.86. The number of benzene rings is 1. The average Bonchev–Trinajstić information content (AvgIpc) is 2.89. The van der Waals surface area contributed by atoms with E-state index < -0.39 is 0 Å². The fraction of sp³-hybridized carbons (Fsp3) is 0.588. The van der Waals surface area contributed by atoms with Crippen LogP contribution in [0.1, 0.15) is 50.7 Å². The van der Waals surface area contributed by atoms with Gasteiger partial charge in [-0.3, -0.25) is 0 Å². The molecule has 2 rings (SSSR count). The van der Waals surface area contributed by atoms with Gasteiger partial charge < -0.3 is 4.74 Å². The number of rotatable bonds is 5. The Hall–Kier alpha value is -1.44. The standard InChI is InChI=1S/C17H23NO2/c1-16(2,20-3)12-14-7-6-8-15(11-14)17(18-13-19)9-4-5-10-17/h6-8,11H,4-5,9-10,12H2,1-3H3. The van der Waals surface area contributed by atoms with Gasteiger partial charge in [0.1, 0.15) is 0 Å². The molecule has 1 saturated carbocycles. The third-order valence-corrected chi connectivity index (χ3v) is 4.34. The Bertz CT molecular complexity index is 509. The molecule has 1 aromatic rings. The second-order valence-electron chi connectivity index (χ2n) is 6.28. The molecule has 0 unspecified atom stereocenters. The Kier molecular flexibility index (Phi) is 4.42. The van der Waals surface area contributed by atoms with E-state index in [2.05, 4.69) is 43.1 Å². The van der Waals surface area contributed by atoms with E-state index in [0.717, 1.165) is 37.7 Å². The van der Waals surface area contributed by atoms with Gasteiger partial charge in [0, 0.05) is 13.5 Å². The summed E-state index contributed by atoms with van der Waals surface area (Å²) in [4.78, 5) is 14.9. The van der Waals surface area contributed by atoms with Gasteiger partial charge in [-0.1, -0.05) is 37.1 Å². The summed E-state index contributed by atoms with van der Waals surface area (Å²) in [6, 6.07) is 8.41. The summed E-state index contributed by atoms with van der Waals surface area (Å²) >= 11 is 0. The Balaban J connectivity index is 2.31. The molecule has 0 bridgehead atoms. The van der Waals surface area contributed by atoms with Crippen molar-refractivity contribution in [1.82, 2.24) is 0 Å². The first-order chi connectivity index (χ1) is 9.51. The van der Waals surface area contributed by atoms with Crippen LogP contribution in [0.15, 0.2) is 29.3 Å². The highest BCUT2D eigenvalue weighted by molar-refractivity contribution is 5.40. The maximum atomic E-state index is 10.8. The summed E-state index contributed by atoms with van der Waals surface area (Å²) < 4.78 is 5.49. The van der Waals surface area contributed by atoms with Crippen LogP contribution in [0.25, 0.3) is 0 Å². The van der Waals surface area contributed by atoms with Crippen molar-refractivity contribution < 1.29 is 9.53 Å². The molecule has 108 valence electrons. The number of isocyanates is 1. The van der Waals surface area contributed by atoms with E-state index in [-0.39, 0.29) is 11.1 Å². The van der Waals surface area contributed by atoms with Gasteiger partial charge in [-0.2, -0.15) is 4.99 Å². The number of aliphatic imine (C=N–C) groups is 1. The number of ether oxygens (including phenoxy) is 1. The molecule has 0 heterocycles. The molecule has 0 radical (unpaired) electrons. The molecule has 0 spiro atoms. The lowest BCUT2D eigenvalue weighted by molar-refractivity contribution is 0.0232. The van der Waals surface area contributed by atoms with Gasteiger partial charge in [0.15, 0.2) is 0 Å². The smallest absolute Gasteiger partial charge is 0.235 e. The van der Waals surface area contributed by atoms with Crippen LogP contribution in [0.4, 0.5) is 0 Å². The Morgan fingerprint density at radius 2 is 2.05 bits per heavy atom. The van der Waals surface area contributed by atoms with E-state index in [1.807, 2.05) is 0 Å². The number of carbonyl (C=O) groups excluding carboxylic acids is 1. The molecule has 3 heteroatoms. The highest BCUT2D eigenvalue weighted by Crippen LogP contribution is 2.42. The molecule has 1 aromatic carbocycles. The van der Waals surface area contributed by atoms with Crippen LogP contribution in [0.5, 0.6) is 0 Å². The summed E-state index contributed by atoms with van der Waals surface area (Å²) in [5.74, 6) is 0. The first-order valence-electron chi connectivity index (χ1n) is 7.25. The van der Waals surface area contributed by atoms with Gasteiger partial charge in [0.05, 0.1) is 11.1 Å². The highest BCUT2D eigenvalue weighted by atomic mass is 16.5. The molecule has 0 amide bonds. The number of hydrogen-bond donors (Lipinski definition) is 0. The van der Waals surface area contributed by atoms with Crippen LogP contribution in [-0.4, -0.2) is 18.8 Å². The molecule has 1 aliphatic carbocycles. The van der Waals surface area contributed by atoms with E-state index in [4.69, 9.17) is 4.74 Å². The Morgan fingerprint density at radius 1 is 1.35 bits per heavy atom. The molecular weight excluding hydrogens is 250 g/mol. The minimum atomic E-state index is -0.338. The van der Waals surface area contributed by atoms with E-state index in [0.29, 0.717) is 0 Å². The molecule has 0 saturated heterocycles. The van der Waals surface area contributed by atoms with Crippen LogP contribution in [0, 0.1) is 0 Å². The predicted molar refractivity (Wildman–Crippen MR) is 79.5 cm³/mol. The number of methoxy groups -OCH3 is 1. The monoisotopic (exact) mass is 273 g/mol. The Labute approximate surface area is 121 Å². The normalized spacial score (nSPS) is 17.8. The molecule has 0 aromatic heterocycles. The predicted octanol–water partition coefficient (Wildman–Crippen LogP) is 3.76. The maximum absolute atomic E-state index is 10.8. The third kappa shape index (κ3) is 3.17. The van der Waals surface area contributed by atoms with Crippen LogP contribution in [-0.2, 0) is 21.5 Å². The van der Waals surface area contributed by atoms with Crippen molar-refractivity contribution in [3.05, 3.63) is 35.4 Å². The summed E-state index contributed by atoms with van der Waals surface area (Å²) in [7, 11) is 1.74. The topological polar surface area (TPSA) is 38.7 Å². The van der Waals surface area contributed by atoms with Crippen molar-refractivity contribution >= 4 is 6.08 Å². The summed E-state index contributed by atoms with van der Waals surface area (Å²) in [5, 5.41) is 0. The van der Waals surface area contributed by atoms with Crippen LogP contribution in [0.3, 0.4) is 0 Å². The van der Waals surface area contributed by atoms with Crippen molar-refractivity contribution in [3.63, 3.8) is 0 Å². The molecule has 3 nitrogen and oxygen atoms in total. The third-order valence-electron chi connectivity index (χ3n) is 4.34. The molecule has 1 aliphatic rings. The van der Waals surface area contributed by atoms with Gasteiger partial charge in [-0.25, -0.2) is 4.79 Å². The lowest BCUT2D eigenvalue weighted by Gasteiger charge is -2.26. The van der Waals surface area contributed by atoms with Crippen molar-refractivity contribution in [3.8, 4) is 0 Å². The first kappa shape index (κ1) is 15.0.